The molecule has 0 heterocycles. The third-order valence-corrected chi connectivity index (χ3v) is 3.72. The van der Waals surface area contributed by atoms with Gasteiger partial charge in [0.25, 0.3) is 11.0 Å². The maximum absolute atomic E-state index is 10.9. The Kier molecular flexibility index (Phi) is 4.72. The number of nitrogens with zero attached hydrogens (tertiary/aromatic N) is 2. The maximum Gasteiger partial charge on any atom is 0.299 e. The van der Waals surface area contributed by atoms with Crippen molar-refractivity contribution in [1.82, 2.24) is 0 Å². The monoisotopic (exact) mass is 342 g/mol. The molecule has 122 valence electrons. The number of methoxy groups -OCH3 is 1. The number of ether oxygens (including phenoxy) is 1. The summed E-state index contributed by atoms with van der Waals surface area (Å²) in [5.41, 5.74) is 0.976. The van der Waals surface area contributed by atoms with E-state index in [1.807, 2.05) is 24.3 Å². The smallest absolute Gasteiger partial charge is 0.299 e. The van der Waals surface area contributed by atoms with E-state index in [0.717, 1.165) is 10.8 Å². The first-order valence-corrected chi connectivity index (χ1v) is 8.17. The highest BCUT2D eigenvalue weighted by molar-refractivity contribution is 7.67. The summed E-state index contributed by atoms with van der Waals surface area (Å²) in [6.07, 6.45) is 0. The number of benzene rings is 3. The van der Waals surface area contributed by atoms with Gasteiger partial charge in [-0.3, -0.25) is 0 Å². The molecule has 0 atom stereocenters. The summed E-state index contributed by atoms with van der Waals surface area (Å²) in [5, 5.41) is 10.0. The van der Waals surface area contributed by atoms with Gasteiger partial charge in [-0.1, -0.05) is 30.3 Å². The molecule has 3 rings (SSSR count). The molecule has 0 fully saturated rings. The molecule has 0 saturated heterocycles. The van der Waals surface area contributed by atoms with E-state index in [4.69, 9.17) is 8.92 Å². The SMILES string of the molecule is COc1ccc(N=Nc2c(O[SH](=O)=O)ccc3ccccc23)cc1. The standard InChI is InChI=1S/C17H14N2O4S/c1-22-14-9-7-13(8-10-14)18-19-17-15-5-3-2-4-12(15)6-11-16(17)23-24(20)21/h2-11,24H,1H3. The van der Waals surface area contributed by atoms with Crippen LogP contribution in [0.3, 0.4) is 0 Å². The molecular formula is C17H14N2O4S. The van der Waals surface area contributed by atoms with Crippen molar-refractivity contribution in [2.45, 2.75) is 0 Å². The van der Waals surface area contributed by atoms with Crippen LogP contribution in [0.4, 0.5) is 11.4 Å². The van der Waals surface area contributed by atoms with Crippen LogP contribution in [0.2, 0.25) is 0 Å². The van der Waals surface area contributed by atoms with Crippen molar-refractivity contribution in [2.75, 3.05) is 7.11 Å². The summed E-state index contributed by atoms with van der Waals surface area (Å²) in [6, 6.07) is 17.9. The largest absolute Gasteiger partial charge is 0.497 e. The van der Waals surface area contributed by atoms with Gasteiger partial charge in [0, 0.05) is 5.39 Å². The van der Waals surface area contributed by atoms with Crippen molar-refractivity contribution >= 4 is 33.1 Å². The summed E-state index contributed by atoms with van der Waals surface area (Å²) >= 11 is 0. The normalized spacial score (nSPS) is 11.2. The number of azo groups is 1. The molecule has 0 radical (unpaired) electrons. The van der Waals surface area contributed by atoms with E-state index in [0.29, 0.717) is 17.1 Å². The molecule has 0 aliphatic heterocycles. The summed E-state index contributed by atoms with van der Waals surface area (Å²) < 4.78 is 31.8. The molecule has 0 aliphatic carbocycles. The Morgan fingerprint density at radius 2 is 1.62 bits per heavy atom. The van der Waals surface area contributed by atoms with Crippen LogP contribution in [0.1, 0.15) is 0 Å². The van der Waals surface area contributed by atoms with Crippen LogP contribution in [-0.4, -0.2) is 15.5 Å². The Bertz CT molecular complexity index is 958. The molecule has 6 nitrogen and oxygen atoms in total. The van der Waals surface area contributed by atoms with Gasteiger partial charge in [-0.2, -0.15) is 13.5 Å². The minimum atomic E-state index is -3.04. The molecule has 0 saturated carbocycles. The fraction of sp³-hybridized carbons (Fsp3) is 0.0588. The highest BCUT2D eigenvalue weighted by Crippen LogP contribution is 2.37. The Morgan fingerprint density at radius 3 is 2.33 bits per heavy atom. The molecule has 7 heteroatoms. The van der Waals surface area contributed by atoms with Crippen molar-refractivity contribution in [1.29, 1.82) is 0 Å². The molecule has 0 spiro atoms. The second kappa shape index (κ2) is 7.10. The topological polar surface area (TPSA) is 77.3 Å². The number of rotatable bonds is 5. The molecule has 0 bridgehead atoms. The first kappa shape index (κ1) is 15.9. The molecule has 0 aromatic heterocycles. The molecule has 0 N–H and O–H groups in total. The summed E-state index contributed by atoms with van der Waals surface area (Å²) in [5.74, 6) is 0.855. The lowest BCUT2D eigenvalue weighted by atomic mass is 10.1. The zero-order valence-electron chi connectivity index (χ0n) is 12.7. The average Bonchev–Trinajstić information content (AvgIpc) is 2.60. The van der Waals surface area contributed by atoms with E-state index in [1.165, 1.54) is 0 Å². The predicted molar refractivity (Wildman–Crippen MR) is 92.1 cm³/mol. The Hall–Kier alpha value is -2.93. The molecule has 0 aliphatic rings. The molecule has 0 unspecified atom stereocenters. The minimum absolute atomic E-state index is 0.141. The van der Waals surface area contributed by atoms with Crippen LogP contribution in [0.15, 0.2) is 70.9 Å². The second-order valence-corrected chi connectivity index (χ2v) is 5.48. The van der Waals surface area contributed by atoms with Crippen LogP contribution in [0, 0.1) is 0 Å². The van der Waals surface area contributed by atoms with Crippen molar-refractivity contribution < 1.29 is 17.3 Å². The van der Waals surface area contributed by atoms with E-state index in [-0.39, 0.29) is 5.75 Å². The van der Waals surface area contributed by atoms with E-state index in [2.05, 4.69) is 10.2 Å². The number of hydrogen-bond acceptors (Lipinski definition) is 6. The van der Waals surface area contributed by atoms with Gasteiger partial charge in [0.15, 0.2) is 5.75 Å². The summed E-state index contributed by atoms with van der Waals surface area (Å²) in [4.78, 5) is 0. The lowest BCUT2D eigenvalue weighted by Crippen LogP contribution is -1.90. The Labute approximate surface area is 140 Å². The number of thiol groups is 1. The average molecular weight is 342 g/mol. The molecule has 0 amide bonds. The molecule has 3 aromatic rings. The van der Waals surface area contributed by atoms with Gasteiger partial charge < -0.3 is 8.92 Å². The van der Waals surface area contributed by atoms with E-state index >= 15 is 0 Å². The van der Waals surface area contributed by atoms with Gasteiger partial charge in [0.1, 0.15) is 11.4 Å². The van der Waals surface area contributed by atoms with Crippen molar-refractivity contribution in [2.24, 2.45) is 10.2 Å². The first-order chi connectivity index (χ1) is 11.7. The molecule has 3 aromatic carbocycles. The number of fused-ring (bicyclic) bond motifs is 1. The number of hydrogen-bond donors (Lipinski definition) is 1. The van der Waals surface area contributed by atoms with Crippen LogP contribution >= 0.6 is 0 Å². The lowest BCUT2D eigenvalue weighted by Gasteiger charge is -2.06. The third kappa shape index (κ3) is 3.52. The van der Waals surface area contributed by atoms with Crippen LogP contribution in [-0.2, 0) is 11.0 Å². The predicted octanol–water partition coefficient (Wildman–Crippen LogP) is 4.17. The van der Waals surface area contributed by atoms with Gasteiger partial charge in [0.2, 0.25) is 0 Å². The summed E-state index contributed by atoms with van der Waals surface area (Å²) in [7, 11) is -1.45. The van der Waals surface area contributed by atoms with Gasteiger partial charge in [0.05, 0.1) is 12.8 Å². The Balaban J connectivity index is 2.06. The fourth-order valence-electron chi connectivity index (χ4n) is 2.25. The van der Waals surface area contributed by atoms with Gasteiger partial charge in [-0.15, -0.1) is 5.11 Å². The molecular weight excluding hydrogens is 328 g/mol. The van der Waals surface area contributed by atoms with Gasteiger partial charge >= 0.3 is 0 Å². The van der Waals surface area contributed by atoms with Crippen molar-refractivity contribution in [3.8, 4) is 11.5 Å². The summed E-state index contributed by atoms with van der Waals surface area (Å²) in [6.45, 7) is 0. The Morgan fingerprint density at radius 1 is 0.875 bits per heavy atom. The van der Waals surface area contributed by atoms with Crippen molar-refractivity contribution in [3.63, 3.8) is 0 Å². The van der Waals surface area contributed by atoms with Crippen LogP contribution < -0.4 is 8.92 Å². The second-order valence-electron chi connectivity index (χ2n) is 4.85. The van der Waals surface area contributed by atoms with Crippen LogP contribution in [0.5, 0.6) is 11.5 Å². The minimum Gasteiger partial charge on any atom is -0.497 e. The zero-order chi connectivity index (χ0) is 16.9. The van der Waals surface area contributed by atoms with Crippen LogP contribution in [0.25, 0.3) is 10.8 Å². The van der Waals surface area contributed by atoms with E-state index < -0.39 is 11.0 Å². The highest BCUT2D eigenvalue weighted by atomic mass is 32.2. The van der Waals surface area contributed by atoms with Crippen molar-refractivity contribution in [3.05, 3.63) is 60.7 Å². The highest BCUT2D eigenvalue weighted by Gasteiger charge is 2.09. The first-order valence-electron chi connectivity index (χ1n) is 7.07. The molecule has 24 heavy (non-hydrogen) atoms. The third-order valence-electron chi connectivity index (χ3n) is 3.37. The van der Waals surface area contributed by atoms with E-state index in [9.17, 15) is 8.42 Å². The zero-order valence-corrected chi connectivity index (χ0v) is 13.6. The maximum atomic E-state index is 10.9. The lowest BCUT2D eigenvalue weighted by molar-refractivity contribution is 0.415. The van der Waals surface area contributed by atoms with Gasteiger partial charge in [-0.05, 0) is 35.7 Å². The van der Waals surface area contributed by atoms with E-state index in [1.54, 1.807) is 43.5 Å². The fourth-order valence-corrected chi connectivity index (χ4v) is 2.56. The van der Waals surface area contributed by atoms with Gasteiger partial charge in [-0.25, -0.2) is 0 Å². The quantitative estimate of drug-likeness (QED) is 0.558.